The van der Waals surface area contributed by atoms with E-state index in [0.29, 0.717) is 12.0 Å². The highest BCUT2D eigenvalue weighted by atomic mass is 79.9. The van der Waals surface area contributed by atoms with Gasteiger partial charge in [0.05, 0.1) is 7.11 Å². The number of hydrogen-bond acceptors (Lipinski definition) is 4. The molecule has 0 saturated heterocycles. The highest BCUT2D eigenvalue weighted by Crippen LogP contribution is 2.31. The summed E-state index contributed by atoms with van der Waals surface area (Å²) in [5.74, 6) is -0.263. The zero-order chi connectivity index (χ0) is 15.4. The number of benzene rings is 2. The van der Waals surface area contributed by atoms with Crippen molar-refractivity contribution in [1.82, 2.24) is 0 Å². The number of phenolic OH excluding ortho intramolecular Hbond substituents is 1. The van der Waals surface area contributed by atoms with Gasteiger partial charge in [0.15, 0.2) is 0 Å². The van der Waals surface area contributed by atoms with Crippen LogP contribution in [0.1, 0.15) is 5.56 Å². The van der Waals surface area contributed by atoms with E-state index in [-0.39, 0.29) is 5.75 Å². The summed E-state index contributed by atoms with van der Waals surface area (Å²) in [6, 6.07) is 12.1. The van der Waals surface area contributed by atoms with Crippen LogP contribution in [0.5, 0.6) is 5.75 Å². The van der Waals surface area contributed by atoms with E-state index < -0.39 is 12.0 Å². The number of halogens is 1. The smallest absolute Gasteiger partial charge is 0.322 e. The Kier molecular flexibility index (Phi) is 4.98. The molecule has 2 aromatic rings. The first kappa shape index (κ1) is 15.5. The minimum Gasteiger partial charge on any atom is -0.507 e. The average Bonchev–Trinajstić information content (AvgIpc) is 2.49. The molecule has 0 fully saturated rings. The molecule has 0 heterocycles. The number of carbonyl (C=O) groups excluding carboxylic acids is 1. The maximum atomic E-state index is 11.4. The second-order valence-electron chi connectivity index (χ2n) is 4.69. The van der Waals surface area contributed by atoms with E-state index >= 15 is 0 Å². The number of esters is 1. The highest BCUT2D eigenvalue weighted by Gasteiger charge is 2.15. The Morgan fingerprint density at radius 1 is 1.29 bits per heavy atom. The van der Waals surface area contributed by atoms with Crippen LogP contribution in [0.2, 0.25) is 0 Å². The largest absolute Gasteiger partial charge is 0.507 e. The molecule has 1 unspecified atom stereocenters. The van der Waals surface area contributed by atoms with Gasteiger partial charge < -0.3 is 15.6 Å². The normalized spacial score (nSPS) is 12.0. The van der Waals surface area contributed by atoms with Gasteiger partial charge in [-0.15, -0.1) is 0 Å². The Balaban J connectivity index is 2.29. The van der Waals surface area contributed by atoms with E-state index in [0.717, 1.165) is 15.6 Å². The van der Waals surface area contributed by atoms with Gasteiger partial charge in [-0.25, -0.2) is 0 Å². The topological polar surface area (TPSA) is 72.5 Å². The zero-order valence-electron chi connectivity index (χ0n) is 11.5. The number of methoxy groups -OCH3 is 1. The number of nitrogens with two attached hydrogens (primary N) is 1. The van der Waals surface area contributed by atoms with Gasteiger partial charge in [-0.2, -0.15) is 0 Å². The lowest BCUT2D eigenvalue weighted by molar-refractivity contribution is -0.142. The molecular weight excluding hydrogens is 334 g/mol. The number of rotatable bonds is 4. The predicted molar refractivity (Wildman–Crippen MR) is 84.9 cm³/mol. The molecule has 0 aromatic heterocycles. The number of aromatic hydroxyl groups is 1. The number of ether oxygens (including phenoxy) is 1. The second kappa shape index (κ2) is 6.74. The summed E-state index contributed by atoms with van der Waals surface area (Å²) in [4.78, 5) is 11.4. The molecule has 5 heteroatoms. The molecule has 2 rings (SSSR count). The van der Waals surface area contributed by atoms with Gasteiger partial charge in [-0.3, -0.25) is 4.79 Å². The van der Waals surface area contributed by atoms with Crippen molar-refractivity contribution < 1.29 is 14.6 Å². The molecule has 0 saturated carbocycles. The van der Waals surface area contributed by atoms with E-state index in [1.807, 2.05) is 30.3 Å². The monoisotopic (exact) mass is 349 g/mol. The quantitative estimate of drug-likeness (QED) is 0.832. The molecule has 0 aliphatic carbocycles. The molecule has 110 valence electrons. The molecule has 21 heavy (non-hydrogen) atoms. The van der Waals surface area contributed by atoms with Crippen molar-refractivity contribution in [2.75, 3.05) is 7.11 Å². The van der Waals surface area contributed by atoms with Crippen molar-refractivity contribution in [2.24, 2.45) is 5.73 Å². The van der Waals surface area contributed by atoms with Crippen molar-refractivity contribution in [3.8, 4) is 16.9 Å². The number of carbonyl (C=O) groups is 1. The zero-order valence-corrected chi connectivity index (χ0v) is 13.1. The summed E-state index contributed by atoms with van der Waals surface area (Å²) < 4.78 is 5.58. The Labute approximate surface area is 131 Å². The molecule has 0 radical (unpaired) electrons. The fourth-order valence-corrected chi connectivity index (χ4v) is 2.32. The highest BCUT2D eigenvalue weighted by molar-refractivity contribution is 9.10. The van der Waals surface area contributed by atoms with Gasteiger partial charge in [-0.1, -0.05) is 34.1 Å². The molecule has 2 aromatic carbocycles. The molecule has 1 atom stereocenters. The molecule has 4 nitrogen and oxygen atoms in total. The molecule has 0 amide bonds. The number of hydrogen-bond donors (Lipinski definition) is 2. The third-order valence-corrected chi connectivity index (χ3v) is 3.70. The van der Waals surface area contributed by atoms with Crippen LogP contribution >= 0.6 is 15.9 Å². The predicted octanol–water partition coefficient (Wildman–Crippen LogP) is 2.86. The maximum Gasteiger partial charge on any atom is 0.322 e. The fourth-order valence-electron chi connectivity index (χ4n) is 2.06. The van der Waals surface area contributed by atoms with Crippen LogP contribution in [0, 0.1) is 0 Å². The lowest BCUT2D eigenvalue weighted by atomic mass is 9.99. The van der Waals surface area contributed by atoms with E-state index in [4.69, 9.17) is 5.73 Å². The fraction of sp³-hybridized carbons (Fsp3) is 0.188. The molecule has 0 bridgehead atoms. The van der Waals surface area contributed by atoms with Crippen LogP contribution in [0.3, 0.4) is 0 Å². The third-order valence-electron chi connectivity index (χ3n) is 3.18. The van der Waals surface area contributed by atoms with Gasteiger partial charge in [0, 0.05) is 10.0 Å². The van der Waals surface area contributed by atoms with Crippen LogP contribution in [0.4, 0.5) is 0 Å². The van der Waals surface area contributed by atoms with Crippen LogP contribution < -0.4 is 5.73 Å². The summed E-state index contributed by atoms with van der Waals surface area (Å²) in [7, 11) is 1.31. The molecule has 0 aliphatic heterocycles. The van der Waals surface area contributed by atoms with Crippen molar-refractivity contribution >= 4 is 21.9 Å². The maximum absolute atomic E-state index is 11.4. The minimum absolute atomic E-state index is 0.188. The third kappa shape index (κ3) is 3.83. The average molecular weight is 350 g/mol. The van der Waals surface area contributed by atoms with Gasteiger partial charge >= 0.3 is 5.97 Å². The lowest BCUT2D eigenvalue weighted by Gasteiger charge is -2.12. The molecular formula is C16H16BrNO3. The SMILES string of the molecule is COC(=O)C(N)Cc1ccc(O)c(-c2ccc(Br)cc2)c1. The van der Waals surface area contributed by atoms with Gasteiger partial charge in [0.25, 0.3) is 0 Å². The van der Waals surface area contributed by atoms with Crippen LogP contribution in [0.15, 0.2) is 46.9 Å². The first-order valence-electron chi connectivity index (χ1n) is 6.42. The van der Waals surface area contributed by atoms with E-state index in [2.05, 4.69) is 20.7 Å². The van der Waals surface area contributed by atoms with Gasteiger partial charge in [0.2, 0.25) is 0 Å². The Morgan fingerprint density at radius 3 is 2.57 bits per heavy atom. The van der Waals surface area contributed by atoms with Crippen molar-refractivity contribution in [2.45, 2.75) is 12.5 Å². The van der Waals surface area contributed by atoms with Crippen LogP contribution in [-0.2, 0) is 16.0 Å². The summed E-state index contributed by atoms with van der Waals surface area (Å²) in [6.45, 7) is 0. The molecule has 0 aliphatic rings. The Hall–Kier alpha value is -1.85. The molecule has 0 spiro atoms. The van der Waals surface area contributed by atoms with E-state index in [1.54, 1.807) is 12.1 Å². The molecule has 3 N–H and O–H groups in total. The summed E-state index contributed by atoms with van der Waals surface area (Å²) in [5.41, 5.74) is 8.23. The first-order chi connectivity index (χ1) is 10.0. The summed E-state index contributed by atoms with van der Waals surface area (Å²) >= 11 is 3.38. The van der Waals surface area contributed by atoms with E-state index in [9.17, 15) is 9.90 Å². The standard InChI is InChI=1S/C16H16BrNO3/c1-21-16(20)14(18)9-10-2-7-15(19)13(8-10)11-3-5-12(17)6-4-11/h2-8,14,19H,9,18H2,1H3. The van der Waals surface area contributed by atoms with Gasteiger partial charge in [0.1, 0.15) is 11.8 Å². The number of phenols is 1. The van der Waals surface area contributed by atoms with Gasteiger partial charge in [-0.05, 0) is 41.8 Å². The Morgan fingerprint density at radius 2 is 1.95 bits per heavy atom. The lowest BCUT2D eigenvalue weighted by Crippen LogP contribution is -2.33. The van der Waals surface area contributed by atoms with Crippen molar-refractivity contribution in [3.63, 3.8) is 0 Å². The summed E-state index contributed by atoms with van der Waals surface area (Å²) in [5, 5.41) is 10.0. The second-order valence-corrected chi connectivity index (χ2v) is 5.61. The van der Waals surface area contributed by atoms with E-state index in [1.165, 1.54) is 7.11 Å². The van der Waals surface area contributed by atoms with Crippen LogP contribution in [0.25, 0.3) is 11.1 Å². The minimum atomic E-state index is -0.711. The van der Waals surface area contributed by atoms with Crippen LogP contribution in [-0.4, -0.2) is 24.2 Å². The van der Waals surface area contributed by atoms with Crippen molar-refractivity contribution in [1.29, 1.82) is 0 Å². The Bertz CT molecular complexity index is 640. The first-order valence-corrected chi connectivity index (χ1v) is 7.22. The summed E-state index contributed by atoms with van der Waals surface area (Å²) in [6.07, 6.45) is 0.358. The van der Waals surface area contributed by atoms with Crippen molar-refractivity contribution in [3.05, 3.63) is 52.5 Å².